The first-order valence-corrected chi connectivity index (χ1v) is 9.44. The third-order valence-corrected chi connectivity index (χ3v) is 4.58. The first-order valence-electron chi connectivity index (χ1n) is 9.44. The van der Waals surface area contributed by atoms with Gasteiger partial charge in [-0.15, -0.1) is 0 Å². The van der Waals surface area contributed by atoms with Crippen LogP contribution in [0.25, 0.3) is 11.3 Å². The van der Waals surface area contributed by atoms with Gasteiger partial charge in [0, 0.05) is 26.2 Å². The summed E-state index contributed by atoms with van der Waals surface area (Å²) in [6.07, 6.45) is 1.38. The van der Waals surface area contributed by atoms with Crippen LogP contribution in [0, 0.1) is 11.6 Å². The van der Waals surface area contributed by atoms with Crippen LogP contribution in [0.5, 0.6) is 5.75 Å². The maximum absolute atomic E-state index is 13.8. The molecule has 1 amide bonds. The molecule has 3 aromatic rings. The zero-order chi connectivity index (χ0) is 21.7. The van der Waals surface area contributed by atoms with Crippen LogP contribution in [0.1, 0.15) is 22.3 Å². The van der Waals surface area contributed by atoms with Crippen molar-refractivity contribution >= 4 is 11.7 Å². The first kappa shape index (κ1) is 21.3. The minimum absolute atomic E-state index is 0.0426. The summed E-state index contributed by atoms with van der Waals surface area (Å²) in [6.45, 7) is 0.417. The topological polar surface area (TPSA) is 67.6 Å². The van der Waals surface area contributed by atoms with Gasteiger partial charge in [-0.05, 0) is 48.7 Å². The van der Waals surface area contributed by atoms with E-state index >= 15 is 0 Å². The van der Waals surface area contributed by atoms with Crippen LogP contribution in [0.15, 0.2) is 47.0 Å². The fourth-order valence-corrected chi connectivity index (χ4v) is 3.02. The number of hydrogen-bond acceptors (Lipinski definition) is 5. The zero-order valence-corrected chi connectivity index (χ0v) is 17.0. The van der Waals surface area contributed by atoms with Gasteiger partial charge in [0.2, 0.25) is 0 Å². The van der Waals surface area contributed by atoms with Crippen molar-refractivity contribution in [2.24, 2.45) is 0 Å². The molecular formula is C22H23F2N3O3. The maximum Gasteiger partial charge on any atom is 0.259 e. The molecule has 0 atom stereocenters. The number of ether oxygens (including phenoxy) is 1. The molecule has 8 heteroatoms. The number of carbonyl (C=O) groups excluding carboxylic acids is 1. The largest absolute Gasteiger partial charge is 0.494 e. The van der Waals surface area contributed by atoms with Gasteiger partial charge >= 0.3 is 0 Å². The summed E-state index contributed by atoms with van der Waals surface area (Å²) in [7, 11) is 4.86. The molecule has 1 aromatic heterocycles. The Morgan fingerprint density at radius 1 is 1.17 bits per heavy atom. The molecule has 0 saturated heterocycles. The number of nitrogens with one attached hydrogen (secondary N) is 1. The van der Waals surface area contributed by atoms with Crippen molar-refractivity contribution in [3.63, 3.8) is 0 Å². The van der Waals surface area contributed by atoms with Gasteiger partial charge in [0.05, 0.1) is 7.11 Å². The third kappa shape index (κ3) is 4.76. The molecule has 6 nitrogen and oxygen atoms in total. The monoisotopic (exact) mass is 415 g/mol. The summed E-state index contributed by atoms with van der Waals surface area (Å²) < 4.78 is 37.2. The zero-order valence-electron chi connectivity index (χ0n) is 17.0. The molecule has 0 spiro atoms. The van der Waals surface area contributed by atoms with E-state index in [9.17, 15) is 13.6 Å². The molecule has 2 aromatic carbocycles. The molecule has 0 saturated carbocycles. The van der Waals surface area contributed by atoms with Gasteiger partial charge in [-0.25, -0.2) is 8.78 Å². The van der Waals surface area contributed by atoms with E-state index in [0.717, 1.165) is 5.56 Å². The summed E-state index contributed by atoms with van der Waals surface area (Å²) in [5, 5.41) is 6.86. The highest BCUT2D eigenvalue weighted by atomic mass is 19.1. The second-order valence-corrected chi connectivity index (χ2v) is 6.94. The van der Waals surface area contributed by atoms with Crippen molar-refractivity contribution in [1.82, 2.24) is 10.5 Å². The van der Waals surface area contributed by atoms with Gasteiger partial charge in [-0.3, -0.25) is 4.79 Å². The Hall–Kier alpha value is -3.42. The van der Waals surface area contributed by atoms with E-state index in [0.29, 0.717) is 30.8 Å². The number of nitrogens with zero attached hydrogens (tertiary/aromatic N) is 2. The molecule has 0 aliphatic rings. The smallest absolute Gasteiger partial charge is 0.259 e. The fraction of sp³-hybridized carbons (Fsp3) is 0.273. The summed E-state index contributed by atoms with van der Waals surface area (Å²) >= 11 is 0. The normalized spacial score (nSPS) is 10.7. The van der Waals surface area contributed by atoms with E-state index in [1.165, 1.54) is 37.4 Å². The Kier molecular flexibility index (Phi) is 6.66. The van der Waals surface area contributed by atoms with E-state index < -0.39 is 5.82 Å². The van der Waals surface area contributed by atoms with Crippen molar-refractivity contribution in [2.45, 2.75) is 12.8 Å². The number of benzene rings is 2. The highest BCUT2D eigenvalue weighted by Crippen LogP contribution is 2.33. The molecule has 0 fully saturated rings. The number of anilines is 1. The van der Waals surface area contributed by atoms with Gasteiger partial charge in [0.15, 0.2) is 23.1 Å². The molecule has 1 N–H and O–H groups in total. The SMILES string of the molecule is COc1cc(-c2onc(N(C)C)c2C(=O)NCCCc2ccc(F)cc2)ccc1F. The Morgan fingerprint density at radius 2 is 1.90 bits per heavy atom. The van der Waals surface area contributed by atoms with Gasteiger partial charge in [0.25, 0.3) is 5.91 Å². The lowest BCUT2D eigenvalue weighted by Crippen LogP contribution is -2.27. The van der Waals surface area contributed by atoms with Crippen LogP contribution < -0.4 is 15.0 Å². The number of halogens is 2. The third-order valence-electron chi connectivity index (χ3n) is 4.58. The number of aromatic nitrogens is 1. The Morgan fingerprint density at radius 3 is 2.57 bits per heavy atom. The Bertz CT molecular complexity index is 1020. The number of methoxy groups -OCH3 is 1. The number of amides is 1. The predicted molar refractivity (Wildman–Crippen MR) is 110 cm³/mol. The number of carbonyl (C=O) groups is 1. The number of aryl methyl sites for hydroxylation is 1. The van der Waals surface area contributed by atoms with E-state index in [4.69, 9.17) is 9.26 Å². The molecule has 30 heavy (non-hydrogen) atoms. The standard InChI is InChI=1S/C22H23F2N3O3/c1-27(2)21-19(20(30-26-21)15-8-11-17(24)18(13-15)29-3)22(28)25-12-4-5-14-6-9-16(23)10-7-14/h6-11,13H,4-5,12H2,1-3H3,(H,25,28). The highest BCUT2D eigenvalue weighted by Gasteiger charge is 2.26. The van der Waals surface area contributed by atoms with Crippen molar-refractivity contribution < 1.29 is 22.8 Å². The average molecular weight is 415 g/mol. The van der Waals surface area contributed by atoms with Crippen molar-refractivity contribution in [2.75, 3.05) is 32.6 Å². The second-order valence-electron chi connectivity index (χ2n) is 6.94. The quantitative estimate of drug-likeness (QED) is 0.562. The average Bonchev–Trinajstić information content (AvgIpc) is 3.18. The van der Waals surface area contributed by atoms with Crippen LogP contribution in [0.2, 0.25) is 0 Å². The van der Waals surface area contributed by atoms with Crippen LogP contribution in [-0.2, 0) is 6.42 Å². The Balaban J connectivity index is 1.75. The van der Waals surface area contributed by atoms with Gasteiger partial charge in [-0.2, -0.15) is 0 Å². The number of hydrogen-bond donors (Lipinski definition) is 1. The maximum atomic E-state index is 13.8. The lowest BCUT2D eigenvalue weighted by molar-refractivity contribution is 0.0954. The van der Waals surface area contributed by atoms with E-state index in [2.05, 4.69) is 10.5 Å². The van der Waals surface area contributed by atoms with Gasteiger partial charge in [0.1, 0.15) is 11.4 Å². The molecule has 0 aliphatic heterocycles. The van der Waals surface area contributed by atoms with Crippen molar-refractivity contribution in [3.05, 3.63) is 65.2 Å². The van der Waals surface area contributed by atoms with Crippen LogP contribution >= 0.6 is 0 Å². The second kappa shape index (κ2) is 9.39. The summed E-state index contributed by atoms with van der Waals surface area (Å²) in [5.41, 5.74) is 1.73. The molecule has 0 radical (unpaired) electrons. The van der Waals surface area contributed by atoms with Crippen LogP contribution in [0.3, 0.4) is 0 Å². The lowest BCUT2D eigenvalue weighted by atomic mass is 10.1. The first-order chi connectivity index (χ1) is 14.4. The van der Waals surface area contributed by atoms with Crippen LogP contribution in [0.4, 0.5) is 14.6 Å². The van der Waals surface area contributed by atoms with E-state index in [1.807, 2.05) is 0 Å². The van der Waals surface area contributed by atoms with E-state index in [1.54, 1.807) is 31.1 Å². The summed E-state index contributed by atoms with van der Waals surface area (Å²) in [6, 6.07) is 10.5. The lowest BCUT2D eigenvalue weighted by Gasteiger charge is -2.12. The van der Waals surface area contributed by atoms with Gasteiger partial charge < -0.3 is 19.5 Å². The molecule has 0 unspecified atom stereocenters. The van der Waals surface area contributed by atoms with Gasteiger partial charge in [-0.1, -0.05) is 17.3 Å². The minimum Gasteiger partial charge on any atom is -0.494 e. The highest BCUT2D eigenvalue weighted by molar-refractivity contribution is 6.04. The fourth-order valence-electron chi connectivity index (χ4n) is 3.02. The Labute approximate surface area is 173 Å². The molecule has 1 heterocycles. The van der Waals surface area contributed by atoms with Crippen molar-refractivity contribution in [1.29, 1.82) is 0 Å². The molecule has 3 rings (SSSR count). The molecule has 158 valence electrons. The summed E-state index contributed by atoms with van der Waals surface area (Å²) in [5.74, 6) is -0.503. The molecule has 0 aliphatic carbocycles. The molecular weight excluding hydrogens is 392 g/mol. The van der Waals surface area contributed by atoms with E-state index in [-0.39, 0.29) is 28.8 Å². The van der Waals surface area contributed by atoms with Crippen molar-refractivity contribution in [3.8, 4) is 17.1 Å². The predicted octanol–water partition coefficient (Wildman–Crippen LogP) is 4.06. The number of rotatable bonds is 8. The molecule has 0 bridgehead atoms. The summed E-state index contributed by atoms with van der Waals surface area (Å²) in [4.78, 5) is 14.6. The minimum atomic E-state index is -0.514. The van der Waals surface area contributed by atoms with Crippen LogP contribution in [-0.4, -0.2) is 38.8 Å².